The molecule has 3 aromatic rings. The molecule has 0 amide bonds. The van der Waals surface area contributed by atoms with Gasteiger partial charge < -0.3 is 4.74 Å². The van der Waals surface area contributed by atoms with Crippen LogP contribution in [0, 0.1) is 11.6 Å². The van der Waals surface area contributed by atoms with Crippen LogP contribution in [-0.2, 0) is 0 Å². The summed E-state index contributed by atoms with van der Waals surface area (Å²) >= 11 is 0. The van der Waals surface area contributed by atoms with Crippen molar-refractivity contribution in [1.29, 1.82) is 0 Å². The Morgan fingerprint density at radius 3 is 1.65 bits per heavy atom. The molecule has 0 aliphatic rings. The van der Waals surface area contributed by atoms with Gasteiger partial charge in [-0.05, 0) is 67.6 Å². The maximum absolute atomic E-state index is 13.7. The van der Waals surface area contributed by atoms with Crippen LogP contribution in [0.5, 0.6) is 11.5 Å². The van der Waals surface area contributed by atoms with Crippen molar-refractivity contribution in [3.8, 4) is 11.5 Å². The van der Waals surface area contributed by atoms with Crippen molar-refractivity contribution in [2.24, 2.45) is 0 Å². The molecule has 0 aliphatic heterocycles. The Bertz CT molecular complexity index is 941. The minimum Gasteiger partial charge on any atom is -0.457 e. The molecule has 26 heavy (non-hydrogen) atoms. The van der Waals surface area contributed by atoms with Crippen LogP contribution in [0.3, 0.4) is 0 Å². The van der Waals surface area contributed by atoms with Crippen LogP contribution in [0.2, 0.25) is 0 Å². The lowest BCUT2D eigenvalue weighted by Gasteiger charge is -2.08. The van der Waals surface area contributed by atoms with Crippen molar-refractivity contribution >= 4 is 11.6 Å². The Kier molecular flexibility index (Phi) is 4.89. The van der Waals surface area contributed by atoms with Gasteiger partial charge in [0.15, 0.2) is 11.6 Å². The summed E-state index contributed by atoms with van der Waals surface area (Å²) in [5.74, 6) is -1.61. The van der Waals surface area contributed by atoms with Crippen LogP contribution in [0.25, 0.3) is 0 Å². The molecule has 0 fully saturated rings. The van der Waals surface area contributed by atoms with Crippen molar-refractivity contribution in [2.75, 3.05) is 0 Å². The third-order valence-corrected chi connectivity index (χ3v) is 3.80. The van der Waals surface area contributed by atoms with Crippen LogP contribution in [0.15, 0.2) is 66.7 Å². The quantitative estimate of drug-likeness (QED) is 0.594. The summed E-state index contributed by atoms with van der Waals surface area (Å²) in [6, 6.07) is 15.8. The van der Waals surface area contributed by atoms with Crippen LogP contribution in [0.1, 0.15) is 33.2 Å². The lowest BCUT2D eigenvalue weighted by molar-refractivity contribution is 0.101. The van der Waals surface area contributed by atoms with E-state index in [0.29, 0.717) is 17.1 Å². The predicted molar refractivity (Wildman–Crippen MR) is 92.8 cm³/mol. The number of hydrogen-bond donors (Lipinski definition) is 0. The van der Waals surface area contributed by atoms with Gasteiger partial charge in [0.05, 0.1) is 5.56 Å². The molecule has 0 aliphatic carbocycles. The standard InChI is InChI=1S/C21H14F2O3/c1-13(24)14-5-9-16(10-6-14)26-17-11-7-15(8-12-17)21(25)20-18(22)3-2-4-19(20)23/h2-12H,1H3. The van der Waals surface area contributed by atoms with Gasteiger partial charge >= 0.3 is 0 Å². The van der Waals surface area contributed by atoms with Crippen LogP contribution in [0.4, 0.5) is 8.78 Å². The molecule has 3 nitrogen and oxygen atoms in total. The highest BCUT2D eigenvalue weighted by Gasteiger charge is 2.18. The SMILES string of the molecule is CC(=O)c1ccc(Oc2ccc(C(=O)c3c(F)cccc3F)cc2)cc1. The average Bonchev–Trinajstić information content (AvgIpc) is 2.62. The highest BCUT2D eigenvalue weighted by molar-refractivity contribution is 6.09. The van der Waals surface area contributed by atoms with Gasteiger partial charge in [-0.3, -0.25) is 9.59 Å². The molecule has 0 bridgehead atoms. The predicted octanol–water partition coefficient (Wildman–Crippen LogP) is 5.19. The number of ether oxygens (including phenoxy) is 1. The van der Waals surface area contributed by atoms with Crippen LogP contribution in [-0.4, -0.2) is 11.6 Å². The highest BCUT2D eigenvalue weighted by Crippen LogP contribution is 2.24. The first-order chi connectivity index (χ1) is 12.5. The molecule has 0 heterocycles. The van der Waals surface area contributed by atoms with E-state index in [1.807, 2.05) is 0 Å². The number of ketones is 2. The molecule has 0 saturated carbocycles. The zero-order chi connectivity index (χ0) is 18.7. The molecule has 0 atom stereocenters. The van der Waals surface area contributed by atoms with E-state index >= 15 is 0 Å². The molecular weight excluding hydrogens is 338 g/mol. The number of carbonyl (C=O) groups is 2. The van der Waals surface area contributed by atoms with E-state index in [2.05, 4.69) is 0 Å². The third kappa shape index (κ3) is 3.67. The van der Waals surface area contributed by atoms with Gasteiger partial charge in [0, 0.05) is 11.1 Å². The Morgan fingerprint density at radius 1 is 0.731 bits per heavy atom. The summed E-state index contributed by atoms with van der Waals surface area (Å²) in [5.41, 5.74) is 0.138. The van der Waals surface area contributed by atoms with Gasteiger partial charge in [-0.25, -0.2) is 8.78 Å². The smallest absolute Gasteiger partial charge is 0.198 e. The second kappa shape index (κ2) is 7.27. The van der Waals surface area contributed by atoms with Gasteiger partial charge in [0.2, 0.25) is 0 Å². The Hall–Kier alpha value is -3.34. The molecule has 5 heteroatoms. The molecule has 130 valence electrons. The van der Waals surface area contributed by atoms with E-state index in [9.17, 15) is 18.4 Å². The molecule has 0 radical (unpaired) electrons. The van der Waals surface area contributed by atoms with Crippen molar-refractivity contribution in [1.82, 2.24) is 0 Å². The van der Waals surface area contributed by atoms with Gasteiger partial charge in [0.25, 0.3) is 0 Å². The fourth-order valence-corrected chi connectivity index (χ4v) is 2.43. The number of Topliss-reactive ketones (excluding diaryl/α,β-unsaturated/α-hetero) is 1. The summed E-state index contributed by atoms with van der Waals surface area (Å²) in [5, 5.41) is 0. The van der Waals surface area contributed by atoms with Crippen molar-refractivity contribution in [3.63, 3.8) is 0 Å². The van der Waals surface area contributed by atoms with Crippen molar-refractivity contribution in [3.05, 3.63) is 95.1 Å². The maximum Gasteiger partial charge on any atom is 0.198 e. The molecular formula is C21H14F2O3. The summed E-state index contributed by atoms with van der Waals surface area (Å²) in [7, 11) is 0. The van der Waals surface area contributed by atoms with Gasteiger partial charge in [-0.15, -0.1) is 0 Å². The van der Waals surface area contributed by atoms with E-state index in [1.165, 1.54) is 37.3 Å². The molecule has 3 aromatic carbocycles. The monoisotopic (exact) mass is 352 g/mol. The summed E-state index contributed by atoms with van der Waals surface area (Å²) in [6.45, 7) is 1.48. The molecule has 0 spiro atoms. The lowest BCUT2D eigenvalue weighted by atomic mass is 10.0. The van der Waals surface area contributed by atoms with Crippen LogP contribution < -0.4 is 4.74 Å². The lowest BCUT2D eigenvalue weighted by Crippen LogP contribution is -2.07. The number of benzene rings is 3. The Labute approximate surface area is 148 Å². The van der Waals surface area contributed by atoms with E-state index < -0.39 is 23.0 Å². The van der Waals surface area contributed by atoms with Gasteiger partial charge in [-0.2, -0.15) is 0 Å². The van der Waals surface area contributed by atoms with Gasteiger partial charge in [-0.1, -0.05) is 6.07 Å². The van der Waals surface area contributed by atoms with E-state index in [4.69, 9.17) is 4.74 Å². The minimum atomic E-state index is -0.902. The fraction of sp³-hybridized carbons (Fsp3) is 0.0476. The first-order valence-corrected chi connectivity index (χ1v) is 7.83. The largest absolute Gasteiger partial charge is 0.457 e. The van der Waals surface area contributed by atoms with Crippen molar-refractivity contribution < 1.29 is 23.1 Å². The van der Waals surface area contributed by atoms with Crippen LogP contribution >= 0.6 is 0 Å². The zero-order valence-corrected chi connectivity index (χ0v) is 13.8. The normalized spacial score (nSPS) is 10.4. The second-order valence-electron chi connectivity index (χ2n) is 5.63. The number of rotatable bonds is 5. The molecule has 0 aromatic heterocycles. The van der Waals surface area contributed by atoms with E-state index in [-0.39, 0.29) is 11.3 Å². The van der Waals surface area contributed by atoms with E-state index in [1.54, 1.807) is 24.3 Å². The Balaban J connectivity index is 1.78. The molecule has 0 unspecified atom stereocenters. The average molecular weight is 352 g/mol. The molecule has 0 N–H and O–H groups in total. The zero-order valence-electron chi connectivity index (χ0n) is 13.8. The summed E-state index contributed by atoms with van der Waals surface area (Å²) < 4.78 is 33.1. The third-order valence-electron chi connectivity index (χ3n) is 3.80. The second-order valence-corrected chi connectivity index (χ2v) is 5.63. The first kappa shape index (κ1) is 17.5. The fourth-order valence-electron chi connectivity index (χ4n) is 2.43. The highest BCUT2D eigenvalue weighted by atomic mass is 19.1. The van der Waals surface area contributed by atoms with Gasteiger partial charge in [0.1, 0.15) is 23.1 Å². The number of halogens is 2. The number of carbonyl (C=O) groups excluding carboxylic acids is 2. The van der Waals surface area contributed by atoms with Crippen molar-refractivity contribution in [2.45, 2.75) is 6.92 Å². The topological polar surface area (TPSA) is 43.4 Å². The molecule has 0 saturated heterocycles. The first-order valence-electron chi connectivity index (χ1n) is 7.83. The summed E-state index contributed by atoms with van der Waals surface area (Å²) in [4.78, 5) is 23.6. The Morgan fingerprint density at radius 2 is 1.19 bits per heavy atom. The van der Waals surface area contributed by atoms with E-state index in [0.717, 1.165) is 12.1 Å². The number of hydrogen-bond acceptors (Lipinski definition) is 3. The summed E-state index contributed by atoms with van der Waals surface area (Å²) in [6.07, 6.45) is 0. The maximum atomic E-state index is 13.7. The molecule has 3 rings (SSSR count). The minimum absolute atomic E-state index is 0.0419.